The molecule has 0 aliphatic rings. The number of halogens is 1. The SMILES string of the molecule is Fc1cc(NCc2cocn2)ncn1. The number of nitrogens with zero attached hydrogens (tertiary/aromatic N) is 3. The van der Waals surface area contributed by atoms with Gasteiger partial charge in [-0.3, -0.25) is 0 Å². The van der Waals surface area contributed by atoms with Crippen molar-refractivity contribution in [3.8, 4) is 0 Å². The molecule has 0 aromatic carbocycles. The zero-order chi connectivity index (χ0) is 9.80. The highest BCUT2D eigenvalue weighted by molar-refractivity contribution is 5.32. The second-order valence-corrected chi connectivity index (χ2v) is 2.56. The molecule has 0 spiro atoms. The molecular weight excluding hydrogens is 187 g/mol. The van der Waals surface area contributed by atoms with E-state index in [1.807, 2.05) is 0 Å². The Balaban J connectivity index is 1.98. The smallest absolute Gasteiger partial charge is 0.217 e. The molecule has 72 valence electrons. The summed E-state index contributed by atoms with van der Waals surface area (Å²) in [6.07, 6.45) is 3.99. The summed E-state index contributed by atoms with van der Waals surface area (Å²) >= 11 is 0. The van der Waals surface area contributed by atoms with Gasteiger partial charge in [0.1, 0.15) is 18.4 Å². The van der Waals surface area contributed by atoms with Crippen molar-refractivity contribution in [2.45, 2.75) is 6.54 Å². The molecule has 0 bridgehead atoms. The maximum absolute atomic E-state index is 12.6. The van der Waals surface area contributed by atoms with Crippen molar-refractivity contribution < 1.29 is 8.81 Å². The van der Waals surface area contributed by atoms with E-state index < -0.39 is 5.95 Å². The van der Waals surface area contributed by atoms with Crippen LogP contribution < -0.4 is 5.32 Å². The van der Waals surface area contributed by atoms with Crippen molar-refractivity contribution in [2.75, 3.05) is 5.32 Å². The molecule has 2 aromatic heterocycles. The molecule has 0 fully saturated rings. The van der Waals surface area contributed by atoms with E-state index >= 15 is 0 Å². The van der Waals surface area contributed by atoms with Gasteiger partial charge in [0.05, 0.1) is 12.2 Å². The zero-order valence-corrected chi connectivity index (χ0v) is 7.14. The minimum atomic E-state index is -0.567. The zero-order valence-electron chi connectivity index (χ0n) is 7.14. The van der Waals surface area contributed by atoms with Crippen molar-refractivity contribution in [1.82, 2.24) is 15.0 Å². The van der Waals surface area contributed by atoms with Crippen LogP contribution in [0.3, 0.4) is 0 Å². The summed E-state index contributed by atoms with van der Waals surface area (Å²) in [5, 5.41) is 2.87. The molecule has 0 unspecified atom stereocenters. The number of rotatable bonds is 3. The number of hydrogen-bond acceptors (Lipinski definition) is 5. The first-order chi connectivity index (χ1) is 6.84. The first kappa shape index (κ1) is 8.61. The molecule has 0 radical (unpaired) electrons. The van der Waals surface area contributed by atoms with Crippen LogP contribution in [0, 0.1) is 5.95 Å². The topological polar surface area (TPSA) is 63.8 Å². The lowest BCUT2D eigenvalue weighted by molar-refractivity contribution is 0.556. The van der Waals surface area contributed by atoms with Crippen molar-refractivity contribution in [2.24, 2.45) is 0 Å². The van der Waals surface area contributed by atoms with Crippen LogP contribution in [-0.2, 0) is 6.54 Å². The van der Waals surface area contributed by atoms with E-state index in [0.29, 0.717) is 12.4 Å². The van der Waals surface area contributed by atoms with Gasteiger partial charge in [-0.15, -0.1) is 0 Å². The Hall–Kier alpha value is -1.98. The summed E-state index contributed by atoms with van der Waals surface area (Å²) in [6.45, 7) is 0.437. The Bertz CT molecular complexity index is 403. The lowest BCUT2D eigenvalue weighted by Gasteiger charge is -2.01. The van der Waals surface area contributed by atoms with E-state index in [0.717, 1.165) is 12.0 Å². The van der Waals surface area contributed by atoms with Crippen LogP contribution in [0.5, 0.6) is 0 Å². The molecule has 0 aliphatic carbocycles. The van der Waals surface area contributed by atoms with E-state index in [2.05, 4.69) is 20.3 Å². The maximum atomic E-state index is 12.6. The van der Waals surface area contributed by atoms with Gasteiger partial charge in [0.15, 0.2) is 6.39 Å². The van der Waals surface area contributed by atoms with Gasteiger partial charge in [0, 0.05) is 6.07 Å². The van der Waals surface area contributed by atoms with Gasteiger partial charge in [-0.25, -0.2) is 15.0 Å². The Labute approximate surface area is 79.0 Å². The third-order valence-electron chi connectivity index (χ3n) is 1.57. The van der Waals surface area contributed by atoms with Crippen molar-refractivity contribution in [3.05, 3.63) is 36.7 Å². The number of nitrogens with one attached hydrogen (secondary N) is 1. The Morgan fingerprint density at radius 3 is 3.00 bits per heavy atom. The van der Waals surface area contributed by atoms with E-state index in [9.17, 15) is 4.39 Å². The first-order valence-electron chi connectivity index (χ1n) is 3.93. The lowest BCUT2D eigenvalue weighted by Crippen LogP contribution is -2.02. The molecule has 2 heterocycles. The fourth-order valence-corrected chi connectivity index (χ4v) is 0.936. The Morgan fingerprint density at radius 1 is 1.36 bits per heavy atom. The van der Waals surface area contributed by atoms with E-state index in [1.165, 1.54) is 18.7 Å². The Kier molecular flexibility index (Phi) is 2.35. The van der Waals surface area contributed by atoms with Gasteiger partial charge in [-0.2, -0.15) is 4.39 Å². The Morgan fingerprint density at radius 2 is 2.29 bits per heavy atom. The van der Waals surface area contributed by atoms with E-state index in [-0.39, 0.29) is 0 Å². The molecule has 6 heteroatoms. The fraction of sp³-hybridized carbons (Fsp3) is 0.125. The van der Waals surface area contributed by atoms with Crippen LogP contribution in [0.25, 0.3) is 0 Å². The molecule has 1 N–H and O–H groups in total. The van der Waals surface area contributed by atoms with Crippen LogP contribution in [0.1, 0.15) is 5.69 Å². The summed E-state index contributed by atoms with van der Waals surface area (Å²) in [5.74, 6) is -0.150. The highest BCUT2D eigenvalue weighted by Crippen LogP contribution is 2.04. The summed E-state index contributed by atoms with van der Waals surface area (Å²) in [7, 11) is 0. The molecule has 0 aliphatic heterocycles. The fourth-order valence-electron chi connectivity index (χ4n) is 0.936. The number of anilines is 1. The predicted octanol–water partition coefficient (Wildman–Crippen LogP) is 1.22. The monoisotopic (exact) mass is 194 g/mol. The van der Waals surface area contributed by atoms with Crippen molar-refractivity contribution in [1.29, 1.82) is 0 Å². The largest absolute Gasteiger partial charge is 0.451 e. The van der Waals surface area contributed by atoms with Gasteiger partial charge in [-0.1, -0.05) is 0 Å². The third kappa shape index (κ3) is 2.03. The van der Waals surface area contributed by atoms with Gasteiger partial charge >= 0.3 is 0 Å². The minimum absolute atomic E-state index is 0.417. The number of oxazole rings is 1. The van der Waals surface area contributed by atoms with Crippen molar-refractivity contribution in [3.63, 3.8) is 0 Å². The number of hydrogen-bond donors (Lipinski definition) is 1. The standard InChI is InChI=1S/C8H7FN4O/c9-7-1-8(12-4-11-7)10-2-6-3-14-5-13-6/h1,3-5H,2H2,(H,10,11,12). The second-order valence-electron chi connectivity index (χ2n) is 2.56. The highest BCUT2D eigenvalue weighted by Gasteiger charge is 1.98. The molecular formula is C8H7FN4O. The van der Waals surface area contributed by atoms with E-state index in [1.54, 1.807) is 0 Å². The molecule has 0 atom stereocenters. The summed E-state index contributed by atoms with van der Waals surface area (Å²) in [5.41, 5.74) is 0.726. The normalized spacial score (nSPS) is 10.1. The average Bonchev–Trinajstić information content (AvgIpc) is 2.67. The molecule has 2 rings (SSSR count). The number of aromatic nitrogens is 3. The summed E-state index contributed by atoms with van der Waals surface area (Å²) in [6, 6.07) is 1.21. The van der Waals surface area contributed by atoms with E-state index in [4.69, 9.17) is 4.42 Å². The highest BCUT2D eigenvalue weighted by atomic mass is 19.1. The molecule has 0 amide bonds. The van der Waals surface area contributed by atoms with Gasteiger partial charge in [0.2, 0.25) is 5.95 Å². The van der Waals surface area contributed by atoms with Crippen molar-refractivity contribution >= 4 is 5.82 Å². The quantitative estimate of drug-likeness (QED) is 0.744. The van der Waals surface area contributed by atoms with Gasteiger partial charge in [-0.05, 0) is 0 Å². The van der Waals surface area contributed by atoms with Gasteiger partial charge in [0.25, 0.3) is 0 Å². The second kappa shape index (κ2) is 3.82. The van der Waals surface area contributed by atoms with Crippen LogP contribution in [0.15, 0.2) is 29.5 Å². The molecule has 2 aromatic rings. The molecule has 0 saturated carbocycles. The first-order valence-corrected chi connectivity index (χ1v) is 3.93. The lowest BCUT2D eigenvalue weighted by atomic mass is 10.4. The van der Waals surface area contributed by atoms with Crippen LogP contribution >= 0.6 is 0 Å². The summed E-state index contributed by atoms with van der Waals surface area (Å²) < 4.78 is 17.4. The van der Waals surface area contributed by atoms with Crippen LogP contribution in [0.2, 0.25) is 0 Å². The van der Waals surface area contributed by atoms with Crippen LogP contribution in [0.4, 0.5) is 10.2 Å². The van der Waals surface area contributed by atoms with Crippen LogP contribution in [-0.4, -0.2) is 15.0 Å². The molecule has 5 nitrogen and oxygen atoms in total. The summed E-state index contributed by atoms with van der Waals surface area (Å²) in [4.78, 5) is 11.0. The average molecular weight is 194 g/mol. The third-order valence-corrected chi connectivity index (χ3v) is 1.57. The minimum Gasteiger partial charge on any atom is -0.451 e. The van der Waals surface area contributed by atoms with Gasteiger partial charge < -0.3 is 9.73 Å². The maximum Gasteiger partial charge on any atom is 0.217 e. The molecule has 14 heavy (non-hydrogen) atoms. The predicted molar refractivity (Wildman–Crippen MR) is 45.8 cm³/mol. The molecule has 0 saturated heterocycles.